The summed E-state index contributed by atoms with van der Waals surface area (Å²) < 4.78 is 11.9. The molecule has 1 heterocycles. The standard InChI is InChI=1S/C25H35N3O2.4ClH.Pt/c1-5-27(6-2)13-15-29-22-11-9-20-17-21-10-12-23(19-25(21)26-24(20)18-22)30-16-14-28(7-3)8-4;;;;;/h9-12,17-19H,5-8,13-16H2,1-4H3;4*1H;/q;;;;;+4/p-4. The van der Waals surface area contributed by atoms with E-state index >= 15 is 0 Å². The largest absolute Gasteiger partial charge is 4.00 e. The van der Waals surface area contributed by atoms with Crippen LogP contribution in [0.1, 0.15) is 27.7 Å². The van der Waals surface area contributed by atoms with E-state index in [2.05, 4.69) is 55.7 Å². The number of halogens is 4. The second kappa shape index (κ2) is 20.5. The van der Waals surface area contributed by atoms with Crippen LogP contribution < -0.4 is 59.1 Å². The van der Waals surface area contributed by atoms with Crippen LogP contribution >= 0.6 is 0 Å². The zero-order valence-electron chi connectivity index (χ0n) is 20.7. The molecule has 0 saturated carbocycles. The van der Waals surface area contributed by atoms with Crippen LogP contribution in [-0.4, -0.2) is 67.3 Å². The number of hydrogen-bond acceptors (Lipinski definition) is 5. The van der Waals surface area contributed by atoms with Gasteiger partial charge in [-0.25, -0.2) is 4.98 Å². The van der Waals surface area contributed by atoms with Crippen molar-refractivity contribution in [1.82, 2.24) is 14.8 Å². The molecule has 3 rings (SSSR count). The molecule has 1 aromatic heterocycles. The average Bonchev–Trinajstić information content (AvgIpc) is 2.78. The van der Waals surface area contributed by atoms with Gasteiger partial charge >= 0.3 is 21.1 Å². The second-order valence-corrected chi connectivity index (χ2v) is 7.45. The van der Waals surface area contributed by atoms with Crippen LogP contribution in [0, 0.1) is 0 Å². The van der Waals surface area contributed by atoms with E-state index in [1.165, 1.54) is 0 Å². The van der Waals surface area contributed by atoms with E-state index in [-0.39, 0.29) is 70.7 Å². The molecule has 0 saturated heterocycles. The molecule has 0 fully saturated rings. The van der Waals surface area contributed by atoms with Crippen molar-refractivity contribution < 1.29 is 80.2 Å². The fourth-order valence-electron chi connectivity index (χ4n) is 3.63. The first kappa shape index (κ1) is 39.0. The molecule has 5 nitrogen and oxygen atoms in total. The molecule has 0 amide bonds. The van der Waals surface area contributed by atoms with E-state index in [0.29, 0.717) is 13.2 Å². The normalized spacial score (nSPS) is 10.0. The van der Waals surface area contributed by atoms with Gasteiger partial charge in [-0.15, -0.1) is 0 Å². The van der Waals surface area contributed by atoms with Crippen molar-refractivity contribution in [1.29, 1.82) is 0 Å². The maximum atomic E-state index is 5.97. The fourth-order valence-corrected chi connectivity index (χ4v) is 3.63. The number of ether oxygens (including phenoxy) is 2. The zero-order valence-corrected chi connectivity index (χ0v) is 26.0. The van der Waals surface area contributed by atoms with Gasteiger partial charge in [0.05, 0.1) is 11.0 Å². The van der Waals surface area contributed by atoms with Gasteiger partial charge in [-0.05, 0) is 56.5 Å². The molecule has 3 aromatic rings. The second-order valence-electron chi connectivity index (χ2n) is 7.45. The van der Waals surface area contributed by atoms with Crippen molar-refractivity contribution in [3.8, 4) is 11.5 Å². The Labute approximate surface area is 249 Å². The molecular weight excluding hydrogens is 711 g/mol. The molecule has 35 heavy (non-hydrogen) atoms. The minimum absolute atomic E-state index is 0. The first-order valence-corrected chi connectivity index (χ1v) is 11.2. The molecule has 0 unspecified atom stereocenters. The summed E-state index contributed by atoms with van der Waals surface area (Å²) in [5.41, 5.74) is 1.89. The maximum absolute atomic E-state index is 5.97. The Morgan fingerprint density at radius 1 is 0.600 bits per heavy atom. The number of hydrogen-bond donors (Lipinski definition) is 0. The summed E-state index contributed by atoms with van der Waals surface area (Å²) in [6.45, 7) is 16.1. The summed E-state index contributed by atoms with van der Waals surface area (Å²) in [6, 6.07) is 14.5. The van der Waals surface area contributed by atoms with Crippen LogP contribution in [0.15, 0.2) is 42.5 Å². The Morgan fingerprint density at radius 3 is 1.31 bits per heavy atom. The Balaban J connectivity index is -0.00000205. The Morgan fingerprint density at radius 2 is 0.971 bits per heavy atom. The summed E-state index contributed by atoms with van der Waals surface area (Å²) in [6.07, 6.45) is 0. The molecule has 200 valence electrons. The SMILES string of the molecule is CCN(CC)CCOc1ccc2cc3ccc(OCCN(CC)CC)cc3nc2c1.[Cl-].[Cl-].[Cl-].[Cl-].[Pt+4]. The third-order valence-electron chi connectivity index (χ3n) is 5.70. The fraction of sp³-hybridized carbons (Fsp3) is 0.480. The Hall–Kier alpha value is -0.522. The van der Waals surface area contributed by atoms with Crippen LogP contribution in [0.25, 0.3) is 21.8 Å². The van der Waals surface area contributed by atoms with Gasteiger partial charge < -0.3 is 68.9 Å². The molecule has 0 atom stereocenters. The molecule has 0 bridgehead atoms. The molecule has 0 N–H and O–H groups in total. The summed E-state index contributed by atoms with van der Waals surface area (Å²) in [4.78, 5) is 9.58. The first-order valence-electron chi connectivity index (χ1n) is 11.2. The van der Waals surface area contributed by atoms with E-state index in [9.17, 15) is 0 Å². The molecule has 0 aliphatic rings. The molecule has 0 radical (unpaired) electrons. The minimum Gasteiger partial charge on any atom is -1.00 e. The molecular formula is C25H35Cl4N3O2Pt. The number of fused-ring (bicyclic) bond motifs is 2. The molecule has 0 aliphatic carbocycles. The van der Waals surface area contributed by atoms with Crippen molar-refractivity contribution in [3.05, 3.63) is 42.5 Å². The van der Waals surface area contributed by atoms with Gasteiger partial charge in [0.2, 0.25) is 0 Å². The predicted octanol–water partition coefficient (Wildman–Crippen LogP) is -7.16. The van der Waals surface area contributed by atoms with Crippen LogP contribution in [-0.2, 0) is 21.1 Å². The third kappa shape index (κ3) is 11.6. The van der Waals surface area contributed by atoms with Gasteiger partial charge in [-0.1, -0.05) is 27.7 Å². The van der Waals surface area contributed by atoms with Crippen molar-refractivity contribution in [2.45, 2.75) is 27.7 Å². The van der Waals surface area contributed by atoms with Gasteiger partial charge in [-0.2, -0.15) is 0 Å². The maximum Gasteiger partial charge on any atom is 4.00 e. The van der Waals surface area contributed by atoms with Gasteiger partial charge in [0, 0.05) is 36.0 Å². The molecule has 0 aliphatic heterocycles. The summed E-state index contributed by atoms with van der Waals surface area (Å²) in [5.74, 6) is 1.74. The third-order valence-corrected chi connectivity index (χ3v) is 5.70. The van der Waals surface area contributed by atoms with Crippen LogP contribution in [0.5, 0.6) is 11.5 Å². The molecule has 0 spiro atoms. The summed E-state index contributed by atoms with van der Waals surface area (Å²) >= 11 is 0. The van der Waals surface area contributed by atoms with Crippen LogP contribution in [0.4, 0.5) is 0 Å². The number of aromatic nitrogens is 1. The number of likely N-dealkylation sites (N-methyl/N-ethyl adjacent to an activating group) is 2. The van der Waals surface area contributed by atoms with Gasteiger partial charge in [0.15, 0.2) is 0 Å². The monoisotopic (exact) mass is 744 g/mol. The van der Waals surface area contributed by atoms with Crippen molar-refractivity contribution in [2.75, 3.05) is 52.5 Å². The van der Waals surface area contributed by atoms with E-state index in [1.54, 1.807) is 0 Å². The zero-order chi connectivity index (χ0) is 21.3. The van der Waals surface area contributed by atoms with Crippen molar-refractivity contribution in [2.24, 2.45) is 0 Å². The Bertz CT molecular complexity index is 888. The quantitative estimate of drug-likeness (QED) is 0.173. The summed E-state index contributed by atoms with van der Waals surface area (Å²) in [7, 11) is 0. The first-order chi connectivity index (χ1) is 14.7. The topological polar surface area (TPSA) is 37.8 Å². The number of pyridine rings is 1. The molecule has 2 aromatic carbocycles. The summed E-state index contributed by atoms with van der Waals surface area (Å²) in [5, 5.41) is 2.24. The van der Waals surface area contributed by atoms with E-state index in [1.807, 2.05) is 24.3 Å². The van der Waals surface area contributed by atoms with Gasteiger partial charge in [0.25, 0.3) is 0 Å². The van der Waals surface area contributed by atoms with Gasteiger partial charge in [0.1, 0.15) is 24.7 Å². The molecule has 10 heteroatoms. The van der Waals surface area contributed by atoms with Crippen LogP contribution in [0.2, 0.25) is 0 Å². The smallest absolute Gasteiger partial charge is 1.00 e. The van der Waals surface area contributed by atoms with Crippen molar-refractivity contribution in [3.63, 3.8) is 0 Å². The minimum atomic E-state index is 0. The average molecular weight is 746 g/mol. The number of rotatable bonds is 12. The van der Waals surface area contributed by atoms with Gasteiger partial charge in [-0.3, -0.25) is 0 Å². The van der Waals surface area contributed by atoms with Crippen molar-refractivity contribution >= 4 is 21.8 Å². The van der Waals surface area contributed by atoms with Crippen LogP contribution in [0.3, 0.4) is 0 Å². The van der Waals surface area contributed by atoms with E-state index in [4.69, 9.17) is 14.5 Å². The Kier molecular flexibility index (Phi) is 22.9. The number of benzene rings is 2. The van der Waals surface area contributed by atoms with E-state index in [0.717, 1.165) is 72.6 Å². The predicted molar refractivity (Wildman–Crippen MR) is 126 cm³/mol. The number of nitrogens with zero attached hydrogens (tertiary/aromatic N) is 3. The van der Waals surface area contributed by atoms with E-state index < -0.39 is 0 Å².